The fourth-order valence-electron chi connectivity index (χ4n) is 4.58. The van der Waals surface area contributed by atoms with Gasteiger partial charge in [-0.1, -0.05) is 18.2 Å². The lowest BCUT2D eigenvalue weighted by Gasteiger charge is -2.23. The van der Waals surface area contributed by atoms with Crippen LogP contribution in [0, 0.1) is 12.7 Å². The van der Waals surface area contributed by atoms with E-state index in [0.29, 0.717) is 35.0 Å². The standard InChI is InChI=1S/C27H27FN6O/c1-16-10-24(33(2)32-16)27(35)34(21-8-9-21)14-17-4-3-5-18(11-17)19-12-22-25(23(28)13-19)29-15-30-26(22)31-20-6-7-20/h3-5,10-13,15,20-21H,6-9,14H2,1-2H3,(H,29,30,31). The number of fused-ring (bicyclic) bond motifs is 1. The second kappa shape index (κ2) is 8.45. The Labute approximate surface area is 203 Å². The molecule has 1 amide bonds. The fraction of sp³-hybridized carbons (Fsp3) is 0.333. The van der Waals surface area contributed by atoms with Gasteiger partial charge in [-0.05, 0) is 73.6 Å². The molecule has 2 fully saturated rings. The molecule has 0 spiro atoms. The van der Waals surface area contributed by atoms with E-state index in [1.807, 2.05) is 48.2 Å². The van der Waals surface area contributed by atoms with Crippen LogP contribution in [0.1, 0.15) is 47.4 Å². The number of nitrogens with zero attached hydrogens (tertiary/aromatic N) is 5. The summed E-state index contributed by atoms with van der Waals surface area (Å²) in [6.07, 6.45) is 5.63. The molecule has 1 N–H and O–H groups in total. The predicted molar refractivity (Wildman–Crippen MR) is 132 cm³/mol. The van der Waals surface area contributed by atoms with Crippen LogP contribution in [0.15, 0.2) is 48.8 Å². The molecule has 8 heteroatoms. The normalized spacial score (nSPS) is 15.4. The van der Waals surface area contributed by atoms with Crippen LogP contribution < -0.4 is 5.32 Å². The third-order valence-corrected chi connectivity index (χ3v) is 6.69. The summed E-state index contributed by atoms with van der Waals surface area (Å²) in [7, 11) is 1.80. The number of anilines is 1. The summed E-state index contributed by atoms with van der Waals surface area (Å²) in [6, 6.07) is 13.9. The van der Waals surface area contributed by atoms with Crippen LogP contribution in [0.3, 0.4) is 0 Å². The van der Waals surface area contributed by atoms with Crippen molar-refractivity contribution >= 4 is 22.6 Å². The van der Waals surface area contributed by atoms with Crippen molar-refractivity contribution in [3.8, 4) is 11.1 Å². The van der Waals surface area contributed by atoms with Crippen LogP contribution in [0.5, 0.6) is 0 Å². The lowest BCUT2D eigenvalue weighted by molar-refractivity contribution is 0.0718. The molecular formula is C27H27FN6O. The number of aromatic nitrogens is 4. The minimum Gasteiger partial charge on any atom is -0.367 e. The summed E-state index contributed by atoms with van der Waals surface area (Å²) in [5.41, 5.74) is 4.40. The Morgan fingerprint density at radius 3 is 2.66 bits per heavy atom. The van der Waals surface area contributed by atoms with Gasteiger partial charge >= 0.3 is 0 Å². The van der Waals surface area contributed by atoms with E-state index in [1.54, 1.807) is 11.7 Å². The van der Waals surface area contributed by atoms with Gasteiger partial charge in [0.2, 0.25) is 0 Å². The van der Waals surface area contributed by atoms with Crippen LogP contribution in [0.2, 0.25) is 0 Å². The maximum atomic E-state index is 15.0. The van der Waals surface area contributed by atoms with Crippen molar-refractivity contribution in [1.29, 1.82) is 0 Å². The summed E-state index contributed by atoms with van der Waals surface area (Å²) in [6.45, 7) is 2.39. The molecule has 2 aromatic carbocycles. The molecule has 35 heavy (non-hydrogen) atoms. The first-order valence-electron chi connectivity index (χ1n) is 12.1. The zero-order valence-electron chi connectivity index (χ0n) is 19.8. The van der Waals surface area contributed by atoms with Crippen LogP contribution in [0.4, 0.5) is 10.2 Å². The lowest BCUT2D eigenvalue weighted by atomic mass is 10.0. The molecule has 0 saturated heterocycles. The van der Waals surface area contributed by atoms with E-state index in [9.17, 15) is 4.79 Å². The quantitative estimate of drug-likeness (QED) is 0.418. The Morgan fingerprint density at radius 2 is 1.94 bits per heavy atom. The van der Waals surface area contributed by atoms with E-state index in [-0.39, 0.29) is 17.8 Å². The average Bonchev–Trinajstić information content (AvgIpc) is 3.77. The zero-order valence-corrected chi connectivity index (χ0v) is 19.8. The second-order valence-corrected chi connectivity index (χ2v) is 9.65. The number of carbonyl (C=O) groups is 1. The smallest absolute Gasteiger partial charge is 0.272 e. The van der Waals surface area contributed by atoms with Crippen molar-refractivity contribution in [2.24, 2.45) is 7.05 Å². The average molecular weight is 471 g/mol. The van der Waals surface area contributed by atoms with Gasteiger partial charge in [-0.15, -0.1) is 0 Å². The molecule has 0 unspecified atom stereocenters. The number of hydrogen-bond acceptors (Lipinski definition) is 5. The SMILES string of the molecule is Cc1cc(C(=O)N(Cc2cccc(-c3cc(F)c4ncnc(NC5CC5)c4c3)c2)C2CC2)n(C)n1. The zero-order chi connectivity index (χ0) is 24.1. The van der Waals surface area contributed by atoms with E-state index in [1.165, 1.54) is 12.4 Å². The van der Waals surface area contributed by atoms with E-state index in [4.69, 9.17) is 0 Å². The summed E-state index contributed by atoms with van der Waals surface area (Å²) >= 11 is 0. The van der Waals surface area contributed by atoms with Crippen molar-refractivity contribution in [3.05, 3.63) is 71.6 Å². The highest BCUT2D eigenvalue weighted by Crippen LogP contribution is 2.34. The molecule has 178 valence electrons. The number of amides is 1. The van der Waals surface area contributed by atoms with Gasteiger partial charge in [-0.3, -0.25) is 9.48 Å². The molecule has 0 bridgehead atoms. The maximum Gasteiger partial charge on any atom is 0.272 e. The van der Waals surface area contributed by atoms with E-state index >= 15 is 4.39 Å². The number of rotatable bonds is 7. The monoisotopic (exact) mass is 470 g/mol. The van der Waals surface area contributed by atoms with Gasteiger partial charge in [-0.2, -0.15) is 5.10 Å². The summed E-state index contributed by atoms with van der Waals surface area (Å²) in [5, 5.41) is 8.40. The second-order valence-electron chi connectivity index (χ2n) is 9.65. The molecule has 2 heterocycles. The minimum atomic E-state index is -0.370. The predicted octanol–water partition coefficient (Wildman–Crippen LogP) is 4.86. The summed E-state index contributed by atoms with van der Waals surface area (Å²) < 4.78 is 16.7. The number of carbonyl (C=O) groups excluding carboxylic acids is 1. The molecule has 0 atom stereocenters. The first kappa shape index (κ1) is 21.7. The van der Waals surface area contributed by atoms with E-state index in [2.05, 4.69) is 20.4 Å². The Balaban J connectivity index is 1.32. The number of hydrogen-bond donors (Lipinski definition) is 1. The van der Waals surface area contributed by atoms with Crippen molar-refractivity contribution in [2.75, 3.05) is 5.32 Å². The number of nitrogens with one attached hydrogen (secondary N) is 1. The molecule has 2 saturated carbocycles. The van der Waals surface area contributed by atoms with Crippen LogP contribution in [0.25, 0.3) is 22.0 Å². The third-order valence-electron chi connectivity index (χ3n) is 6.69. The highest BCUT2D eigenvalue weighted by molar-refractivity contribution is 5.94. The molecular weight excluding hydrogens is 443 g/mol. The highest BCUT2D eigenvalue weighted by Gasteiger charge is 2.34. The van der Waals surface area contributed by atoms with Crippen molar-refractivity contribution < 1.29 is 9.18 Å². The maximum absolute atomic E-state index is 15.0. The summed E-state index contributed by atoms with van der Waals surface area (Å²) in [5.74, 6) is 0.294. The van der Waals surface area contributed by atoms with Crippen LogP contribution in [-0.2, 0) is 13.6 Å². The molecule has 2 aliphatic rings. The minimum absolute atomic E-state index is 0.00862. The molecule has 6 rings (SSSR count). The number of halogens is 1. The van der Waals surface area contributed by atoms with Crippen molar-refractivity contribution in [3.63, 3.8) is 0 Å². The Morgan fingerprint density at radius 1 is 1.11 bits per heavy atom. The van der Waals surface area contributed by atoms with Gasteiger partial charge in [0.15, 0.2) is 0 Å². The fourth-order valence-corrected chi connectivity index (χ4v) is 4.58. The Bertz CT molecular complexity index is 1440. The highest BCUT2D eigenvalue weighted by atomic mass is 19.1. The van der Waals surface area contributed by atoms with Crippen molar-refractivity contribution in [1.82, 2.24) is 24.6 Å². The molecule has 4 aromatic rings. The van der Waals surface area contributed by atoms with E-state index in [0.717, 1.165) is 48.1 Å². The van der Waals surface area contributed by atoms with Crippen LogP contribution in [-0.4, -0.2) is 42.6 Å². The van der Waals surface area contributed by atoms with Gasteiger partial charge in [0.05, 0.1) is 5.69 Å². The topological polar surface area (TPSA) is 75.9 Å². The first-order chi connectivity index (χ1) is 17.0. The third kappa shape index (κ3) is 4.36. The molecule has 2 aromatic heterocycles. The van der Waals surface area contributed by atoms with Gasteiger partial charge < -0.3 is 10.2 Å². The molecule has 0 radical (unpaired) electrons. The van der Waals surface area contributed by atoms with Gasteiger partial charge in [0.1, 0.15) is 29.2 Å². The number of aryl methyl sites for hydroxylation is 2. The molecule has 0 aliphatic heterocycles. The van der Waals surface area contributed by atoms with Gasteiger partial charge in [-0.25, -0.2) is 14.4 Å². The molecule has 7 nitrogen and oxygen atoms in total. The summed E-state index contributed by atoms with van der Waals surface area (Å²) in [4.78, 5) is 23.8. The lowest BCUT2D eigenvalue weighted by Crippen LogP contribution is -2.33. The van der Waals surface area contributed by atoms with Crippen LogP contribution >= 0.6 is 0 Å². The molecule has 2 aliphatic carbocycles. The largest absolute Gasteiger partial charge is 0.367 e. The van der Waals surface area contributed by atoms with Gasteiger partial charge in [0.25, 0.3) is 5.91 Å². The first-order valence-corrected chi connectivity index (χ1v) is 12.1. The Kier molecular flexibility index (Phi) is 5.24. The van der Waals surface area contributed by atoms with E-state index < -0.39 is 0 Å². The number of benzene rings is 2. The van der Waals surface area contributed by atoms with Gasteiger partial charge in [0, 0.05) is 31.1 Å². The Hall–Kier alpha value is -3.81. The van der Waals surface area contributed by atoms with Crippen molar-refractivity contribution in [2.45, 2.75) is 51.2 Å².